The molecule has 1 saturated heterocycles. The topological polar surface area (TPSA) is 73.0 Å². The van der Waals surface area contributed by atoms with Crippen molar-refractivity contribution < 1.29 is 14.4 Å². The number of rotatable bonds is 6. The van der Waals surface area contributed by atoms with Gasteiger partial charge in [0, 0.05) is 68.6 Å². The number of nitrogens with zero attached hydrogens (tertiary/aromatic N) is 3. The smallest absolute Gasteiger partial charge is 0.152 e. The van der Waals surface area contributed by atoms with Crippen LogP contribution in [-0.2, 0) is 14.4 Å². The van der Waals surface area contributed by atoms with Crippen molar-refractivity contribution >= 4 is 17.3 Å². The predicted molar refractivity (Wildman–Crippen MR) is 136 cm³/mol. The van der Waals surface area contributed by atoms with Crippen molar-refractivity contribution in [1.29, 1.82) is 0 Å². The molecule has 1 aliphatic rings. The number of carbonyl (C=O) groups excluding carboxylic acids is 3. The van der Waals surface area contributed by atoms with Gasteiger partial charge in [0.25, 0.3) is 0 Å². The largest absolute Gasteiger partial charge is 0.314 e. The van der Waals surface area contributed by atoms with E-state index in [1.807, 2.05) is 62.3 Å². The van der Waals surface area contributed by atoms with Gasteiger partial charge in [-0.15, -0.1) is 0 Å². The van der Waals surface area contributed by atoms with Crippen LogP contribution in [0.25, 0.3) is 0 Å². The maximum absolute atomic E-state index is 12.8. The maximum Gasteiger partial charge on any atom is 0.152 e. The summed E-state index contributed by atoms with van der Waals surface area (Å²) in [6.07, 6.45) is 0. The molecule has 1 rings (SSSR count). The van der Waals surface area contributed by atoms with Crippen LogP contribution in [0, 0.1) is 16.2 Å². The summed E-state index contributed by atoms with van der Waals surface area (Å²) in [5, 5.41) is 3.48. The minimum Gasteiger partial charge on any atom is -0.314 e. The number of carbonyl (C=O) groups is 3. The van der Waals surface area contributed by atoms with Crippen LogP contribution in [0.4, 0.5) is 0 Å². The van der Waals surface area contributed by atoms with Crippen LogP contribution >= 0.6 is 0 Å². The molecule has 192 valence electrons. The van der Waals surface area contributed by atoms with Gasteiger partial charge in [0.05, 0.1) is 19.6 Å². The molecule has 0 spiro atoms. The van der Waals surface area contributed by atoms with Crippen LogP contribution < -0.4 is 5.32 Å². The Hall–Kier alpha value is -1.15. The molecule has 1 aliphatic heterocycles. The van der Waals surface area contributed by atoms with Crippen molar-refractivity contribution in [1.82, 2.24) is 20.0 Å². The number of Topliss-reactive ketones (excluding diaryl/α,β-unsaturated/α-hetero) is 3. The van der Waals surface area contributed by atoms with Crippen molar-refractivity contribution in [3.63, 3.8) is 0 Å². The zero-order valence-electron chi connectivity index (χ0n) is 22.8. The summed E-state index contributed by atoms with van der Waals surface area (Å²) in [5.74, 6) is 0.684. The molecule has 0 radical (unpaired) electrons. The van der Waals surface area contributed by atoms with E-state index in [1.54, 1.807) is 0 Å². The van der Waals surface area contributed by atoms with E-state index in [0.29, 0.717) is 19.6 Å². The Kier molecular flexibility index (Phi) is 11.3. The SMILES string of the molecule is CC(C)(C)C(=O)CN1CCNCCN(CC(=O)C(C)(C)C)CCN(CC(=O)C(C)(C)C)CC1. The Labute approximate surface area is 202 Å². The lowest BCUT2D eigenvalue weighted by atomic mass is 9.90. The van der Waals surface area contributed by atoms with Crippen LogP contribution in [0.15, 0.2) is 0 Å². The molecule has 0 aromatic carbocycles. The number of hydrogen-bond donors (Lipinski definition) is 1. The zero-order valence-corrected chi connectivity index (χ0v) is 22.8. The lowest BCUT2D eigenvalue weighted by Gasteiger charge is -2.33. The molecule has 0 aromatic heterocycles. The monoisotopic (exact) mass is 466 g/mol. The predicted octanol–water partition coefficient (Wildman–Crippen LogP) is 2.34. The second-order valence-electron chi connectivity index (χ2n) is 12.6. The summed E-state index contributed by atoms with van der Waals surface area (Å²) in [7, 11) is 0. The first-order valence-electron chi connectivity index (χ1n) is 12.5. The minimum atomic E-state index is -0.391. The quantitative estimate of drug-likeness (QED) is 0.644. The second-order valence-corrected chi connectivity index (χ2v) is 12.6. The highest BCUT2D eigenvalue weighted by Gasteiger charge is 2.27. The fraction of sp³-hybridized carbons (Fsp3) is 0.885. The highest BCUT2D eigenvalue weighted by Crippen LogP contribution is 2.17. The molecule has 0 aliphatic carbocycles. The van der Waals surface area contributed by atoms with E-state index < -0.39 is 5.41 Å². The van der Waals surface area contributed by atoms with Gasteiger partial charge in [-0.25, -0.2) is 0 Å². The molecule has 1 heterocycles. The maximum atomic E-state index is 12.8. The standard InChI is InChI=1S/C26H50N4O3/c1-24(2,3)21(31)18-28-12-10-27-11-13-29(19-22(32)25(4,5)6)15-17-30(16-14-28)20-23(33)26(7,8)9/h27H,10-20H2,1-9H3. The van der Waals surface area contributed by atoms with Gasteiger partial charge < -0.3 is 5.32 Å². The molecule has 0 saturated carbocycles. The number of nitrogens with one attached hydrogen (secondary N) is 1. The second kappa shape index (κ2) is 12.5. The normalized spacial score (nSPS) is 19.5. The Morgan fingerprint density at radius 1 is 0.515 bits per heavy atom. The van der Waals surface area contributed by atoms with Gasteiger partial charge >= 0.3 is 0 Å². The van der Waals surface area contributed by atoms with Gasteiger partial charge in [-0.05, 0) is 0 Å². The Balaban J connectivity index is 2.94. The van der Waals surface area contributed by atoms with E-state index in [4.69, 9.17) is 0 Å². The Morgan fingerprint density at radius 2 is 0.758 bits per heavy atom. The van der Waals surface area contributed by atoms with Crippen LogP contribution in [0.3, 0.4) is 0 Å². The average Bonchev–Trinajstić information content (AvgIpc) is 2.64. The molecule has 1 N–H and O–H groups in total. The van der Waals surface area contributed by atoms with Crippen molar-refractivity contribution in [2.45, 2.75) is 62.3 Å². The van der Waals surface area contributed by atoms with E-state index in [1.165, 1.54) is 0 Å². The first-order chi connectivity index (χ1) is 15.0. The van der Waals surface area contributed by atoms with E-state index in [9.17, 15) is 14.4 Å². The molecule has 7 nitrogen and oxygen atoms in total. The lowest BCUT2D eigenvalue weighted by Crippen LogP contribution is -2.49. The molecule has 0 aromatic rings. The molecule has 1 fully saturated rings. The Bertz CT molecular complexity index is 614. The van der Waals surface area contributed by atoms with E-state index in [-0.39, 0.29) is 28.2 Å². The van der Waals surface area contributed by atoms with Crippen molar-refractivity contribution in [2.75, 3.05) is 72.0 Å². The zero-order chi connectivity index (χ0) is 25.4. The van der Waals surface area contributed by atoms with Gasteiger partial charge in [-0.1, -0.05) is 62.3 Å². The number of hydrogen-bond acceptors (Lipinski definition) is 7. The molecular formula is C26H50N4O3. The van der Waals surface area contributed by atoms with E-state index in [0.717, 1.165) is 52.4 Å². The van der Waals surface area contributed by atoms with E-state index >= 15 is 0 Å². The van der Waals surface area contributed by atoms with Crippen molar-refractivity contribution in [3.05, 3.63) is 0 Å². The lowest BCUT2D eigenvalue weighted by molar-refractivity contribution is -0.129. The summed E-state index contributed by atoms with van der Waals surface area (Å²) in [4.78, 5) is 44.7. The summed E-state index contributed by atoms with van der Waals surface area (Å²) in [6.45, 7) is 25.0. The van der Waals surface area contributed by atoms with Crippen LogP contribution in [0.5, 0.6) is 0 Å². The van der Waals surface area contributed by atoms with E-state index in [2.05, 4.69) is 20.0 Å². The van der Waals surface area contributed by atoms with Crippen molar-refractivity contribution in [3.8, 4) is 0 Å². The first kappa shape index (κ1) is 29.9. The number of ketones is 3. The van der Waals surface area contributed by atoms with Crippen LogP contribution in [0.1, 0.15) is 62.3 Å². The molecule has 33 heavy (non-hydrogen) atoms. The molecule has 7 heteroatoms. The third-order valence-electron chi connectivity index (χ3n) is 6.29. The summed E-state index contributed by atoms with van der Waals surface area (Å²) in [5.41, 5.74) is -1.12. The third-order valence-corrected chi connectivity index (χ3v) is 6.29. The van der Waals surface area contributed by atoms with Crippen LogP contribution in [-0.4, -0.2) is 104 Å². The van der Waals surface area contributed by atoms with Gasteiger partial charge in [0.15, 0.2) is 17.3 Å². The van der Waals surface area contributed by atoms with Gasteiger partial charge in [0.1, 0.15) is 0 Å². The highest BCUT2D eigenvalue weighted by molar-refractivity contribution is 5.86. The Morgan fingerprint density at radius 3 is 1.00 bits per heavy atom. The summed E-state index contributed by atoms with van der Waals surface area (Å²) < 4.78 is 0. The molecule has 0 amide bonds. The molecular weight excluding hydrogens is 416 g/mol. The fourth-order valence-electron chi connectivity index (χ4n) is 3.30. The van der Waals surface area contributed by atoms with Gasteiger partial charge in [-0.2, -0.15) is 0 Å². The van der Waals surface area contributed by atoms with Gasteiger partial charge in [0.2, 0.25) is 0 Å². The van der Waals surface area contributed by atoms with Crippen LogP contribution in [0.2, 0.25) is 0 Å². The fourth-order valence-corrected chi connectivity index (χ4v) is 3.30. The highest BCUT2D eigenvalue weighted by atomic mass is 16.1. The first-order valence-corrected chi connectivity index (χ1v) is 12.5. The molecule has 0 atom stereocenters. The molecule has 0 bridgehead atoms. The summed E-state index contributed by atoms with van der Waals surface area (Å²) in [6, 6.07) is 0. The molecule has 0 unspecified atom stereocenters. The summed E-state index contributed by atoms with van der Waals surface area (Å²) >= 11 is 0. The van der Waals surface area contributed by atoms with Crippen molar-refractivity contribution in [2.24, 2.45) is 16.2 Å². The average molecular weight is 467 g/mol. The third kappa shape index (κ3) is 11.7. The van der Waals surface area contributed by atoms with Gasteiger partial charge in [-0.3, -0.25) is 29.1 Å². The minimum absolute atomic E-state index is 0.214.